The van der Waals surface area contributed by atoms with E-state index in [4.69, 9.17) is 0 Å². The summed E-state index contributed by atoms with van der Waals surface area (Å²) < 4.78 is 0. The van der Waals surface area contributed by atoms with Crippen molar-refractivity contribution in [1.82, 2.24) is 4.90 Å². The Labute approximate surface area is 75.6 Å². The largest absolute Gasteiger partial charge is 0.393 e. The number of aliphatic hydroxyl groups is 1. The van der Waals surface area contributed by atoms with E-state index in [9.17, 15) is 5.11 Å². The van der Waals surface area contributed by atoms with Crippen LogP contribution in [0.3, 0.4) is 0 Å². The van der Waals surface area contributed by atoms with Crippen LogP contribution in [0.2, 0.25) is 0 Å². The van der Waals surface area contributed by atoms with Gasteiger partial charge in [0.05, 0.1) is 6.10 Å². The van der Waals surface area contributed by atoms with Crippen molar-refractivity contribution < 1.29 is 5.11 Å². The van der Waals surface area contributed by atoms with Gasteiger partial charge in [-0.25, -0.2) is 0 Å². The molecule has 0 aromatic rings. The Morgan fingerprint density at radius 3 is 2.25 bits per heavy atom. The smallest absolute Gasteiger partial charge is 0.0546 e. The number of likely N-dealkylation sites (tertiary alicyclic amines) is 1. The highest BCUT2D eigenvalue weighted by Crippen LogP contribution is 2.44. The van der Waals surface area contributed by atoms with Crippen LogP contribution >= 0.6 is 0 Å². The SMILES string of the molecule is CC.CN1CC2(CCC(O)C2)C1. The summed E-state index contributed by atoms with van der Waals surface area (Å²) in [4.78, 5) is 2.33. The molecule has 0 bridgehead atoms. The minimum absolute atomic E-state index is 0.00806. The summed E-state index contributed by atoms with van der Waals surface area (Å²) in [6, 6.07) is 0. The third-order valence-corrected chi connectivity index (χ3v) is 2.89. The zero-order valence-corrected chi connectivity index (χ0v) is 8.51. The van der Waals surface area contributed by atoms with E-state index >= 15 is 0 Å². The summed E-state index contributed by atoms with van der Waals surface area (Å²) in [6.45, 7) is 6.42. The third kappa shape index (κ3) is 1.80. The molecule has 1 N–H and O–H groups in total. The Bertz CT molecular complexity index is 135. The summed E-state index contributed by atoms with van der Waals surface area (Å²) >= 11 is 0. The van der Waals surface area contributed by atoms with Crippen molar-refractivity contribution in [3.8, 4) is 0 Å². The van der Waals surface area contributed by atoms with Crippen molar-refractivity contribution in [2.45, 2.75) is 39.2 Å². The van der Waals surface area contributed by atoms with Crippen LogP contribution < -0.4 is 0 Å². The molecule has 1 unspecified atom stereocenters. The van der Waals surface area contributed by atoms with Gasteiger partial charge in [-0.05, 0) is 31.7 Å². The molecule has 2 fully saturated rings. The number of rotatable bonds is 0. The van der Waals surface area contributed by atoms with Gasteiger partial charge >= 0.3 is 0 Å². The van der Waals surface area contributed by atoms with Crippen molar-refractivity contribution in [2.24, 2.45) is 5.41 Å². The average molecular weight is 171 g/mol. The monoisotopic (exact) mass is 171 g/mol. The van der Waals surface area contributed by atoms with Gasteiger partial charge < -0.3 is 10.0 Å². The van der Waals surface area contributed by atoms with Gasteiger partial charge in [-0.15, -0.1) is 0 Å². The highest BCUT2D eigenvalue weighted by atomic mass is 16.3. The van der Waals surface area contributed by atoms with Crippen molar-refractivity contribution in [3.63, 3.8) is 0 Å². The predicted octanol–water partition coefficient (Wildman–Crippen LogP) is 1.49. The molecule has 2 heteroatoms. The molecule has 1 aliphatic carbocycles. The standard InChI is InChI=1S/C8H15NO.C2H6/c1-9-5-8(6-9)3-2-7(10)4-8;1-2/h7,10H,2-6H2,1H3;1-2H3. The van der Waals surface area contributed by atoms with E-state index in [1.807, 2.05) is 13.8 Å². The number of hydrogen-bond donors (Lipinski definition) is 1. The van der Waals surface area contributed by atoms with Crippen molar-refractivity contribution in [3.05, 3.63) is 0 Å². The second kappa shape index (κ2) is 3.75. The molecule has 2 aliphatic rings. The molecule has 72 valence electrons. The van der Waals surface area contributed by atoms with Crippen LogP contribution in [0.5, 0.6) is 0 Å². The van der Waals surface area contributed by atoms with Gasteiger partial charge in [0, 0.05) is 13.1 Å². The summed E-state index contributed by atoms with van der Waals surface area (Å²) in [6.07, 6.45) is 3.35. The molecule has 12 heavy (non-hydrogen) atoms. The van der Waals surface area contributed by atoms with Gasteiger partial charge in [-0.3, -0.25) is 0 Å². The minimum Gasteiger partial charge on any atom is -0.393 e. The maximum Gasteiger partial charge on any atom is 0.0546 e. The first-order valence-electron chi connectivity index (χ1n) is 5.07. The van der Waals surface area contributed by atoms with Gasteiger partial charge in [0.2, 0.25) is 0 Å². The molecule has 0 aromatic heterocycles. The van der Waals surface area contributed by atoms with Gasteiger partial charge in [-0.1, -0.05) is 13.8 Å². The van der Waals surface area contributed by atoms with E-state index < -0.39 is 0 Å². The molecule has 2 nitrogen and oxygen atoms in total. The van der Waals surface area contributed by atoms with Crippen LogP contribution in [0.15, 0.2) is 0 Å². The second-order valence-corrected chi connectivity index (χ2v) is 4.07. The van der Waals surface area contributed by atoms with E-state index in [1.54, 1.807) is 0 Å². The Kier molecular flexibility index (Phi) is 3.13. The van der Waals surface area contributed by atoms with Gasteiger partial charge in [-0.2, -0.15) is 0 Å². The van der Waals surface area contributed by atoms with Crippen molar-refractivity contribution >= 4 is 0 Å². The van der Waals surface area contributed by atoms with Crippen LogP contribution in [0.4, 0.5) is 0 Å². The van der Waals surface area contributed by atoms with Crippen molar-refractivity contribution in [1.29, 1.82) is 0 Å². The molecular formula is C10H21NO. The molecule has 1 atom stereocenters. The Hall–Kier alpha value is -0.0800. The quantitative estimate of drug-likeness (QED) is 0.597. The number of hydrogen-bond acceptors (Lipinski definition) is 2. The molecular weight excluding hydrogens is 150 g/mol. The fourth-order valence-corrected chi connectivity index (χ4v) is 2.56. The normalized spacial score (nSPS) is 32.5. The lowest BCUT2D eigenvalue weighted by Crippen LogP contribution is -2.52. The molecule has 1 saturated heterocycles. The Balaban J connectivity index is 0.000000336. The van der Waals surface area contributed by atoms with Crippen LogP contribution in [0.25, 0.3) is 0 Å². The van der Waals surface area contributed by atoms with Crippen molar-refractivity contribution in [2.75, 3.05) is 20.1 Å². The zero-order chi connectivity index (χ0) is 9.19. The van der Waals surface area contributed by atoms with E-state index in [-0.39, 0.29) is 6.10 Å². The molecule has 0 aromatic carbocycles. The molecule has 2 rings (SSSR count). The molecule has 0 radical (unpaired) electrons. The zero-order valence-electron chi connectivity index (χ0n) is 8.51. The fourth-order valence-electron chi connectivity index (χ4n) is 2.56. The van der Waals surface area contributed by atoms with E-state index in [2.05, 4.69) is 11.9 Å². The number of aliphatic hydroxyl groups excluding tert-OH is 1. The van der Waals surface area contributed by atoms with Crippen LogP contribution in [0.1, 0.15) is 33.1 Å². The van der Waals surface area contributed by atoms with Gasteiger partial charge in [0.1, 0.15) is 0 Å². The summed E-state index contributed by atoms with van der Waals surface area (Å²) in [5.74, 6) is 0. The van der Waals surface area contributed by atoms with Crippen LogP contribution in [-0.2, 0) is 0 Å². The number of nitrogens with zero attached hydrogens (tertiary/aromatic N) is 1. The third-order valence-electron chi connectivity index (χ3n) is 2.89. The minimum atomic E-state index is 0.00806. The molecule has 1 heterocycles. The van der Waals surface area contributed by atoms with E-state index in [0.29, 0.717) is 5.41 Å². The fraction of sp³-hybridized carbons (Fsp3) is 1.00. The highest BCUT2D eigenvalue weighted by molar-refractivity contribution is 4.99. The maximum absolute atomic E-state index is 9.30. The Morgan fingerprint density at radius 1 is 1.33 bits per heavy atom. The summed E-state index contributed by atoms with van der Waals surface area (Å²) in [7, 11) is 2.15. The first kappa shape index (κ1) is 10.0. The first-order valence-corrected chi connectivity index (χ1v) is 5.07. The maximum atomic E-state index is 9.30. The predicted molar refractivity (Wildman–Crippen MR) is 51.1 cm³/mol. The lowest BCUT2D eigenvalue weighted by atomic mass is 9.79. The lowest BCUT2D eigenvalue weighted by Gasteiger charge is -2.46. The van der Waals surface area contributed by atoms with Crippen LogP contribution in [-0.4, -0.2) is 36.2 Å². The topological polar surface area (TPSA) is 23.5 Å². The van der Waals surface area contributed by atoms with Crippen LogP contribution in [0, 0.1) is 5.41 Å². The molecule has 1 spiro atoms. The molecule has 1 saturated carbocycles. The summed E-state index contributed by atoms with van der Waals surface area (Å²) in [5.41, 5.74) is 0.536. The first-order chi connectivity index (χ1) is 5.70. The highest BCUT2D eigenvalue weighted by Gasteiger charge is 2.45. The summed E-state index contributed by atoms with van der Waals surface area (Å²) in [5, 5.41) is 9.30. The lowest BCUT2D eigenvalue weighted by molar-refractivity contribution is 0.0166. The average Bonchev–Trinajstić information content (AvgIpc) is 2.36. The van der Waals surface area contributed by atoms with E-state index in [0.717, 1.165) is 12.8 Å². The van der Waals surface area contributed by atoms with E-state index in [1.165, 1.54) is 19.5 Å². The Morgan fingerprint density at radius 2 is 1.92 bits per heavy atom. The molecule has 1 aliphatic heterocycles. The second-order valence-electron chi connectivity index (χ2n) is 4.07. The van der Waals surface area contributed by atoms with Gasteiger partial charge in [0.15, 0.2) is 0 Å². The van der Waals surface area contributed by atoms with Gasteiger partial charge in [0.25, 0.3) is 0 Å². The molecule has 0 amide bonds.